The third-order valence-corrected chi connectivity index (χ3v) is 3.84. The molecule has 0 aliphatic rings. The summed E-state index contributed by atoms with van der Waals surface area (Å²) in [6.45, 7) is 6.70. The van der Waals surface area contributed by atoms with Crippen LogP contribution < -0.4 is 5.32 Å². The molecule has 6 heteroatoms. The van der Waals surface area contributed by atoms with Gasteiger partial charge in [0.1, 0.15) is 5.82 Å². The Morgan fingerprint density at radius 3 is 2.75 bits per heavy atom. The number of rotatable bonds is 5. The van der Waals surface area contributed by atoms with E-state index in [4.69, 9.17) is 11.6 Å². The molecule has 0 saturated heterocycles. The molecule has 0 amide bonds. The van der Waals surface area contributed by atoms with Gasteiger partial charge in [-0.2, -0.15) is 5.10 Å². The predicted octanol–water partition coefficient (Wildman–Crippen LogP) is 2.47. The maximum atomic E-state index is 6.37. The van der Waals surface area contributed by atoms with E-state index in [1.807, 2.05) is 31.6 Å². The maximum Gasteiger partial charge on any atom is 0.125 e. The van der Waals surface area contributed by atoms with Crippen LogP contribution in [0.1, 0.15) is 35.9 Å². The van der Waals surface area contributed by atoms with Gasteiger partial charge in [0, 0.05) is 19.2 Å². The maximum absolute atomic E-state index is 6.37. The average Bonchev–Trinajstić information content (AvgIpc) is 2.71. The molecular formula is C14H20ClN5. The highest BCUT2D eigenvalue weighted by Crippen LogP contribution is 2.25. The van der Waals surface area contributed by atoms with Gasteiger partial charge in [0.15, 0.2) is 0 Å². The summed E-state index contributed by atoms with van der Waals surface area (Å²) in [4.78, 5) is 8.62. The number of likely N-dealkylation sites (N-methyl/N-ethyl adjacent to an activating group) is 1. The minimum atomic E-state index is 0.0931. The number of nitrogens with zero attached hydrogens (tertiary/aromatic N) is 4. The van der Waals surface area contributed by atoms with E-state index in [9.17, 15) is 0 Å². The molecule has 0 bridgehead atoms. The normalized spacial score (nSPS) is 12.7. The lowest BCUT2D eigenvalue weighted by Crippen LogP contribution is -2.22. The van der Waals surface area contributed by atoms with Gasteiger partial charge in [-0.25, -0.2) is 9.97 Å². The smallest absolute Gasteiger partial charge is 0.125 e. The molecule has 108 valence electrons. The van der Waals surface area contributed by atoms with Crippen molar-refractivity contribution in [1.29, 1.82) is 0 Å². The third-order valence-electron chi connectivity index (χ3n) is 3.35. The first-order valence-corrected chi connectivity index (χ1v) is 7.13. The summed E-state index contributed by atoms with van der Waals surface area (Å²) in [6, 6.07) is 2.03. The summed E-state index contributed by atoms with van der Waals surface area (Å²) in [5.74, 6) is 0.772. The van der Waals surface area contributed by atoms with Gasteiger partial charge in [0.2, 0.25) is 0 Å². The van der Waals surface area contributed by atoms with Crippen LogP contribution in [-0.2, 0) is 13.0 Å². The molecule has 2 aromatic heterocycles. The molecule has 20 heavy (non-hydrogen) atoms. The van der Waals surface area contributed by atoms with Crippen molar-refractivity contribution in [3.05, 3.63) is 40.2 Å². The van der Waals surface area contributed by atoms with Crippen LogP contribution in [0.25, 0.3) is 0 Å². The standard InChI is InChI=1S/C14H20ClN5/c1-5-20-13(14(15)9(2)19-20)8-12(16-4)11-6-7-17-10(3)18-11/h6-7,12,16H,5,8H2,1-4H3. The Kier molecular flexibility index (Phi) is 4.73. The Morgan fingerprint density at radius 1 is 1.40 bits per heavy atom. The van der Waals surface area contributed by atoms with Gasteiger partial charge < -0.3 is 5.32 Å². The molecule has 0 spiro atoms. The van der Waals surface area contributed by atoms with Crippen LogP contribution >= 0.6 is 11.6 Å². The second kappa shape index (κ2) is 6.33. The fraction of sp³-hybridized carbons (Fsp3) is 0.500. The van der Waals surface area contributed by atoms with Crippen molar-refractivity contribution in [3.8, 4) is 0 Å². The van der Waals surface area contributed by atoms with Gasteiger partial charge >= 0.3 is 0 Å². The van der Waals surface area contributed by atoms with Gasteiger partial charge in [0.25, 0.3) is 0 Å². The van der Waals surface area contributed by atoms with E-state index in [1.165, 1.54) is 0 Å². The van der Waals surface area contributed by atoms with Gasteiger partial charge in [-0.15, -0.1) is 0 Å². The first-order valence-electron chi connectivity index (χ1n) is 6.75. The Morgan fingerprint density at radius 2 is 2.15 bits per heavy atom. The summed E-state index contributed by atoms with van der Waals surface area (Å²) in [5, 5.41) is 8.49. The van der Waals surface area contributed by atoms with Crippen LogP contribution in [-0.4, -0.2) is 26.8 Å². The molecule has 0 fully saturated rings. The van der Waals surface area contributed by atoms with Crippen molar-refractivity contribution in [2.24, 2.45) is 0 Å². The van der Waals surface area contributed by atoms with Crippen molar-refractivity contribution >= 4 is 11.6 Å². The molecular weight excluding hydrogens is 274 g/mol. The van der Waals surface area contributed by atoms with E-state index >= 15 is 0 Å². The van der Waals surface area contributed by atoms with Gasteiger partial charge in [-0.05, 0) is 33.9 Å². The van der Waals surface area contributed by atoms with E-state index in [0.29, 0.717) is 0 Å². The van der Waals surface area contributed by atoms with Crippen LogP contribution in [0, 0.1) is 13.8 Å². The molecule has 2 aromatic rings. The molecule has 2 heterocycles. The predicted molar refractivity (Wildman–Crippen MR) is 79.9 cm³/mol. The minimum absolute atomic E-state index is 0.0931. The number of aryl methyl sites for hydroxylation is 3. The van der Waals surface area contributed by atoms with Crippen LogP contribution in [0.5, 0.6) is 0 Å². The number of hydrogen-bond acceptors (Lipinski definition) is 4. The molecule has 1 atom stereocenters. The summed E-state index contributed by atoms with van der Waals surface area (Å²) in [6.07, 6.45) is 2.53. The first kappa shape index (κ1) is 14.9. The lowest BCUT2D eigenvalue weighted by atomic mass is 10.1. The molecule has 0 aromatic carbocycles. The minimum Gasteiger partial charge on any atom is -0.311 e. The number of halogens is 1. The Hall–Kier alpha value is -1.46. The number of nitrogens with one attached hydrogen (secondary N) is 1. The van der Waals surface area contributed by atoms with E-state index < -0.39 is 0 Å². The number of aromatic nitrogens is 4. The second-order valence-corrected chi connectivity index (χ2v) is 5.11. The summed E-state index contributed by atoms with van der Waals surface area (Å²) in [5.41, 5.74) is 2.89. The lowest BCUT2D eigenvalue weighted by Gasteiger charge is -2.16. The summed E-state index contributed by atoms with van der Waals surface area (Å²) >= 11 is 6.37. The van der Waals surface area contributed by atoms with Crippen molar-refractivity contribution in [2.45, 2.75) is 39.8 Å². The Bertz CT molecular complexity index is 593. The SMILES string of the molecule is CCn1nc(C)c(Cl)c1CC(NC)c1ccnc(C)n1. The van der Waals surface area contributed by atoms with Crippen LogP contribution in [0.3, 0.4) is 0 Å². The second-order valence-electron chi connectivity index (χ2n) is 4.74. The molecule has 0 aliphatic heterocycles. The number of hydrogen-bond donors (Lipinski definition) is 1. The fourth-order valence-electron chi connectivity index (χ4n) is 2.28. The molecule has 5 nitrogen and oxygen atoms in total. The van der Waals surface area contributed by atoms with Crippen molar-refractivity contribution in [1.82, 2.24) is 25.1 Å². The highest BCUT2D eigenvalue weighted by molar-refractivity contribution is 6.31. The molecule has 2 rings (SSSR count). The van der Waals surface area contributed by atoms with E-state index in [0.717, 1.165) is 40.9 Å². The zero-order valence-electron chi connectivity index (χ0n) is 12.3. The fourth-order valence-corrected chi connectivity index (χ4v) is 2.49. The van der Waals surface area contributed by atoms with Crippen molar-refractivity contribution in [3.63, 3.8) is 0 Å². The highest BCUT2D eigenvalue weighted by Gasteiger charge is 2.19. The first-order chi connectivity index (χ1) is 9.56. The van der Waals surface area contributed by atoms with E-state index in [2.05, 4.69) is 27.3 Å². The molecule has 0 aliphatic carbocycles. The third kappa shape index (κ3) is 2.99. The van der Waals surface area contributed by atoms with Crippen molar-refractivity contribution in [2.75, 3.05) is 7.05 Å². The summed E-state index contributed by atoms with van der Waals surface area (Å²) < 4.78 is 1.95. The lowest BCUT2D eigenvalue weighted by molar-refractivity contribution is 0.530. The average molecular weight is 294 g/mol. The van der Waals surface area contributed by atoms with Gasteiger partial charge in [0.05, 0.1) is 28.1 Å². The Balaban J connectivity index is 2.31. The zero-order chi connectivity index (χ0) is 14.7. The van der Waals surface area contributed by atoms with Gasteiger partial charge in [-0.3, -0.25) is 4.68 Å². The van der Waals surface area contributed by atoms with E-state index in [1.54, 1.807) is 6.20 Å². The Labute approximate surface area is 124 Å². The largest absolute Gasteiger partial charge is 0.311 e. The molecule has 1 unspecified atom stereocenters. The molecule has 0 saturated carbocycles. The van der Waals surface area contributed by atoms with Crippen molar-refractivity contribution < 1.29 is 0 Å². The van der Waals surface area contributed by atoms with E-state index in [-0.39, 0.29) is 6.04 Å². The zero-order valence-corrected chi connectivity index (χ0v) is 13.1. The van der Waals surface area contributed by atoms with Crippen LogP contribution in [0.15, 0.2) is 12.3 Å². The van der Waals surface area contributed by atoms with Crippen LogP contribution in [0.4, 0.5) is 0 Å². The highest BCUT2D eigenvalue weighted by atomic mass is 35.5. The quantitative estimate of drug-likeness (QED) is 0.920. The van der Waals surface area contributed by atoms with Crippen LogP contribution in [0.2, 0.25) is 5.02 Å². The monoisotopic (exact) mass is 293 g/mol. The summed E-state index contributed by atoms with van der Waals surface area (Å²) in [7, 11) is 1.93. The van der Waals surface area contributed by atoms with Gasteiger partial charge in [-0.1, -0.05) is 11.6 Å². The molecule has 0 radical (unpaired) electrons. The topological polar surface area (TPSA) is 55.6 Å². The molecule has 1 N–H and O–H groups in total.